The molecule has 0 saturated carbocycles. The molecule has 126 valence electrons. The SMILES string of the molecule is Cc1ccc(/C=C(\Cl)c2nc3ccc(Cl)cc3c(=O)[nH]2)cc1[N+](=O)[O-]. The van der Waals surface area contributed by atoms with Gasteiger partial charge in [0.05, 0.1) is 20.9 Å². The van der Waals surface area contributed by atoms with E-state index >= 15 is 0 Å². The van der Waals surface area contributed by atoms with Crippen molar-refractivity contribution in [1.82, 2.24) is 9.97 Å². The van der Waals surface area contributed by atoms with Crippen molar-refractivity contribution in [2.24, 2.45) is 0 Å². The quantitative estimate of drug-likeness (QED) is 0.537. The predicted octanol–water partition coefficient (Wildman–Crippen LogP) is 4.53. The third-order valence-corrected chi connectivity index (χ3v) is 4.14. The Morgan fingerprint density at radius 2 is 2.04 bits per heavy atom. The zero-order chi connectivity index (χ0) is 18.1. The summed E-state index contributed by atoms with van der Waals surface area (Å²) in [5, 5.41) is 12.0. The van der Waals surface area contributed by atoms with Crippen LogP contribution in [0.1, 0.15) is 17.0 Å². The summed E-state index contributed by atoms with van der Waals surface area (Å²) in [6, 6.07) is 9.51. The van der Waals surface area contributed by atoms with E-state index in [9.17, 15) is 14.9 Å². The molecule has 0 spiro atoms. The van der Waals surface area contributed by atoms with Gasteiger partial charge in [-0.2, -0.15) is 0 Å². The molecule has 0 unspecified atom stereocenters. The first kappa shape index (κ1) is 17.1. The van der Waals surface area contributed by atoms with Crippen molar-refractivity contribution in [3.05, 3.63) is 78.8 Å². The number of fused-ring (bicyclic) bond motifs is 1. The van der Waals surface area contributed by atoms with Crippen LogP contribution >= 0.6 is 23.2 Å². The van der Waals surface area contributed by atoms with E-state index in [0.717, 1.165) is 0 Å². The lowest BCUT2D eigenvalue weighted by Gasteiger charge is -2.03. The lowest BCUT2D eigenvalue weighted by molar-refractivity contribution is -0.385. The van der Waals surface area contributed by atoms with Gasteiger partial charge >= 0.3 is 0 Å². The van der Waals surface area contributed by atoms with E-state index in [1.807, 2.05) is 0 Å². The number of halogens is 2. The zero-order valence-electron chi connectivity index (χ0n) is 12.9. The number of hydrogen-bond acceptors (Lipinski definition) is 4. The molecule has 0 aliphatic rings. The molecule has 2 aromatic carbocycles. The second-order valence-corrected chi connectivity index (χ2v) is 6.21. The van der Waals surface area contributed by atoms with Gasteiger partial charge in [0.1, 0.15) is 0 Å². The van der Waals surface area contributed by atoms with Gasteiger partial charge in [-0.05, 0) is 36.8 Å². The summed E-state index contributed by atoms with van der Waals surface area (Å²) in [5.41, 5.74) is 1.15. The summed E-state index contributed by atoms with van der Waals surface area (Å²) in [6.07, 6.45) is 1.51. The Bertz CT molecular complexity index is 1090. The molecular weight excluding hydrogens is 365 g/mol. The first-order valence-corrected chi connectivity index (χ1v) is 7.93. The third kappa shape index (κ3) is 3.55. The molecule has 6 nitrogen and oxygen atoms in total. The minimum Gasteiger partial charge on any atom is -0.305 e. The highest BCUT2D eigenvalue weighted by atomic mass is 35.5. The number of aromatic amines is 1. The van der Waals surface area contributed by atoms with Crippen molar-refractivity contribution in [2.45, 2.75) is 6.92 Å². The van der Waals surface area contributed by atoms with Crippen LogP contribution in [0.4, 0.5) is 5.69 Å². The maximum absolute atomic E-state index is 12.2. The molecule has 0 aliphatic carbocycles. The monoisotopic (exact) mass is 375 g/mol. The zero-order valence-corrected chi connectivity index (χ0v) is 14.4. The maximum Gasteiger partial charge on any atom is 0.272 e. The first-order valence-electron chi connectivity index (χ1n) is 7.17. The van der Waals surface area contributed by atoms with Crippen LogP contribution in [0.25, 0.3) is 22.0 Å². The second kappa shape index (κ2) is 6.66. The number of aryl methyl sites for hydroxylation is 1. The lowest BCUT2D eigenvalue weighted by Crippen LogP contribution is -2.10. The molecule has 1 N–H and O–H groups in total. The van der Waals surface area contributed by atoms with Crippen LogP contribution in [-0.2, 0) is 0 Å². The molecule has 0 radical (unpaired) electrons. The van der Waals surface area contributed by atoms with Gasteiger partial charge in [-0.25, -0.2) is 4.98 Å². The van der Waals surface area contributed by atoms with E-state index in [1.54, 1.807) is 31.2 Å². The number of nitrogens with zero attached hydrogens (tertiary/aromatic N) is 2. The molecule has 3 aromatic rings. The van der Waals surface area contributed by atoms with Crippen LogP contribution in [0.15, 0.2) is 41.2 Å². The summed E-state index contributed by atoms with van der Waals surface area (Å²) in [7, 11) is 0. The highest BCUT2D eigenvalue weighted by molar-refractivity contribution is 6.50. The normalized spacial score (nSPS) is 11.7. The topological polar surface area (TPSA) is 88.9 Å². The molecule has 0 atom stereocenters. The molecule has 1 aromatic heterocycles. The van der Waals surface area contributed by atoms with Gasteiger partial charge in [0, 0.05) is 16.7 Å². The highest BCUT2D eigenvalue weighted by Gasteiger charge is 2.12. The van der Waals surface area contributed by atoms with Gasteiger partial charge in [-0.1, -0.05) is 35.3 Å². The number of nitro groups is 1. The fourth-order valence-electron chi connectivity index (χ4n) is 2.35. The Morgan fingerprint density at radius 3 is 2.76 bits per heavy atom. The van der Waals surface area contributed by atoms with Crippen molar-refractivity contribution in [2.75, 3.05) is 0 Å². The summed E-state index contributed by atoms with van der Waals surface area (Å²) in [5.74, 6) is 0.171. The van der Waals surface area contributed by atoms with Crippen LogP contribution in [0.5, 0.6) is 0 Å². The largest absolute Gasteiger partial charge is 0.305 e. The smallest absolute Gasteiger partial charge is 0.272 e. The Labute approximate surface area is 151 Å². The van der Waals surface area contributed by atoms with Crippen LogP contribution in [0.2, 0.25) is 5.02 Å². The van der Waals surface area contributed by atoms with E-state index in [0.29, 0.717) is 27.1 Å². The van der Waals surface area contributed by atoms with Crippen LogP contribution in [0, 0.1) is 17.0 Å². The van der Waals surface area contributed by atoms with Crippen LogP contribution in [-0.4, -0.2) is 14.9 Å². The van der Waals surface area contributed by atoms with Crippen molar-refractivity contribution in [3.63, 3.8) is 0 Å². The molecule has 25 heavy (non-hydrogen) atoms. The lowest BCUT2D eigenvalue weighted by atomic mass is 10.1. The van der Waals surface area contributed by atoms with Gasteiger partial charge in [0.2, 0.25) is 0 Å². The fraction of sp³-hybridized carbons (Fsp3) is 0.0588. The average molecular weight is 376 g/mol. The summed E-state index contributed by atoms with van der Waals surface area (Å²) in [6.45, 7) is 1.65. The van der Waals surface area contributed by atoms with Gasteiger partial charge in [0.25, 0.3) is 11.2 Å². The van der Waals surface area contributed by atoms with E-state index in [-0.39, 0.29) is 22.1 Å². The molecule has 3 rings (SSSR count). The summed E-state index contributed by atoms with van der Waals surface area (Å²) in [4.78, 5) is 29.6. The summed E-state index contributed by atoms with van der Waals surface area (Å²) >= 11 is 12.1. The molecule has 0 amide bonds. The third-order valence-electron chi connectivity index (χ3n) is 3.62. The van der Waals surface area contributed by atoms with Crippen molar-refractivity contribution < 1.29 is 4.92 Å². The minimum absolute atomic E-state index is 0.00665. The Hall–Kier alpha value is -2.70. The second-order valence-electron chi connectivity index (χ2n) is 5.37. The number of aromatic nitrogens is 2. The van der Waals surface area contributed by atoms with Gasteiger partial charge in [0.15, 0.2) is 5.82 Å². The van der Waals surface area contributed by atoms with Gasteiger partial charge in [-0.3, -0.25) is 14.9 Å². The number of H-pyrrole nitrogens is 1. The van der Waals surface area contributed by atoms with E-state index in [1.165, 1.54) is 18.2 Å². The standard InChI is InChI=1S/C17H11Cl2N3O3/c1-9-2-3-10(7-15(9)22(24)25)6-13(19)16-20-14-5-4-11(18)8-12(14)17(23)21-16/h2-8H,1H3,(H,20,21,23)/b13-6-. The fourth-order valence-corrected chi connectivity index (χ4v) is 2.74. The average Bonchev–Trinajstić information content (AvgIpc) is 2.56. The number of benzene rings is 2. The Kier molecular flexibility index (Phi) is 4.57. The molecular formula is C17H11Cl2N3O3. The summed E-state index contributed by atoms with van der Waals surface area (Å²) < 4.78 is 0. The van der Waals surface area contributed by atoms with Crippen LogP contribution < -0.4 is 5.56 Å². The molecule has 0 fully saturated rings. The first-order chi connectivity index (χ1) is 11.8. The van der Waals surface area contributed by atoms with Crippen LogP contribution in [0.3, 0.4) is 0 Å². The highest BCUT2D eigenvalue weighted by Crippen LogP contribution is 2.25. The van der Waals surface area contributed by atoms with Crippen molar-refractivity contribution in [3.8, 4) is 0 Å². The molecule has 0 bridgehead atoms. The molecule has 8 heteroatoms. The predicted molar refractivity (Wildman–Crippen MR) is 98.9 cm³/mol. The number of nitro benzene ring substituents is 1. The number of rotatable bonds is 3. The van der Waals surface area contributed by atoms with Crippen molar-refractivity contribution in [1.29, 1.82) is 0 Å². The Morgan fingerprint density at radius 1 is 1.28 bits per heavy atom. The van der Waals surface area contributed by atoms with Gasteiger partial charge in [-0.15, -0.1) is 0 Å². The van der Waals surface area contributed by atoms with Crippen molar-refractivity contribution >= 4 is 50.9 Å². The van der Waals surface area contributed by atoms with E-state index in [4.69, 9.17) is 23.2 Å². The maximum atomic E-state index is 12.2. The minimum atomic E-state index is -0.458. The number of nitrogens with one attached hydrogen (secondary N) is 1. The molecule has 0 aliphatic heterocycles. The molecule has 1 heterocycles. The Balaban J connectivity index is 2.07. The number of hydrogen-bond donors (Lipinski definition) is 1. The molecule has 0 saturated heterocycles. The van der Waals surface area contributed by atoms with E-state index in [2.05, 4.69) is 9.97 Å². The van der Waals surface area contributed by atoms with Gasteiger partial charge < -0.3 is 4.98 Å². The van der Waals surface area contributed by atoms with E-state index < -0.39 is 4.92 Å².